The van der Waals surface area contributed by atoms with Gasteiger partial charge in [-0.25, -0.2) is 0 Å². The number of rotatable bonds is 12. The second kappa shape index (κ2) is 13.5. The van der Waals surface area contributed by atoms with Crippen LogP contribution in [0.2, 0.25) is 0 Å². The first-order chi connectivity index (χ1) is 7.41. The van der Waals surface area contributed by atoms with Crippen molar-refractivity contribution in [2.75, 3.05) is 6.54 Å². The molecule has 0 bridgehead atoms. The van der Waals surface area contributed by atoms with Crippen molar-refractivity contribution in [3.63, 3.8) is 0 Å². The van der Waals surface area contributed by atoms with E-state index in [0.717, 1.165) is 19.4 Å². The Morgan fingerprint density at radius 2 is 1.27 bits per heavy atom. The monoisotopic (exact) mass is 213 g/mol. The van der Waals surface area contributed by atoms with Crippen LogP contribution in [0.4, 0.5) is 0 Å². The molecule has 0 spiro atoms. The van der Waals surface area contributed by atoms with Crippen molar-refractivity contribution in [3.05, 3.63) is 0 Å². The maximum absolute atomic E-state index is 9.95. The molecule has 0 fully saturated rings. The fraction of sp³-hybridized carbons (Fsp3) is 0.923. The van der Waals surface area contributed by atoms with Gasteiger partial charge in [-0.3, -0.25) is 4.79 Å². The summed E-state index contributed by atoms with van der Waals surface area (Å²) in [6.07, 6.45) is 14.2. The lowest BCUT2D eigenvalue weighted by molar-refractivity contribution is -0.109. The van der Waals surface area contributed by atoms with Crippen LogP contribution in [0.3, 0.4) is 0 Å². The molecule has 0 rings (SSSR count). The van der Waals surface area contributed by atoms with Gasteiger partial charge < -0.3 is 5.32 Å². The number of hydrogen-bond acceptors (Lipinski definition) is 1. The summed E-state index contributed by atoms with van der Waals surface area (Å²) in [5, 5.41) is 2.69. The van der Waals surface area contributed by atoms with E-state index in [0.29, 0.717) is 0 Å². The smallest absolute Gasteiger partial charge is 0.207 e. The molecule has 1 amide bonds. The van der Waals surface area contributed by atoms with Gasteiger partial charge in [-0.15, -0.1) is 0 Å². The summed E-state index contributed by atoms with van der Waals surface area (Å²) in [5.74, 6) is 0. The number of unbranched alkanes of at least 4 members (excludes halogenated alkanes) is 9. The van der Waals surface area contributed by atoms with Crippen molar-refractivity contribution < 1.29 is 4.79 Å². The number of carbonyl (C=O) groups is 1. The van der Waals surface area contributed by atoms with Crippen molar-refractivity contribution in [1.82, 2.24) is 5.32 Å². The maximum Gasteiger partial charge on any atom is 0.207 e. The van der Waals surface area contributed by atoms with Gasteiger partial charge in [0.15, 0.2) is 0 Å². The Bertz CT molecular complexity index is 126. The molecule has 0 unspecified atom stereocenters. The Morgan fingerprint density at radius 1 is 0.800 bits per heavy atom. The number of carbonyl (C=O) groups excluding carboxylic acids is 1. The van der Waals surface area contributed by atoms with E-state index >= 15 is 0 Å². The van der Waals surface area contributed by atoms with Gasteiger partial charge in [-0.05, 0) is 6.42 Å². The highest BCUT2D eigenvalue weighted by atomic mass is 16.1. The molecule has 1 N–H and O–H groups in total. The van der Waals surface area contributed by atoms with Gasteiger partial charge in [0.25, 0.3) is 0 Å². The van der Waals surface area contributed by atoms with Gasteiger partial charge in [0, 0.05) is 6.54 Å². The molecule has 0 atom stereocenters. The van der Waals surface area contributed by atoms with E-state index < -0.39 is 0 Å². The number of amides is 1. The van der Waals surface area contributed by atoms with E-state index in [4.69, 9.17) is 0 Å². The molecule has 15 heavy (non-hydrogen) atoms. The number of nitrogens with one attached hydrogen (secondary N) is 1. The van der Waals surface area contributed by atoms with Crippen LogP contribution < -0.4 is 5.32 Å². The molecule has 0 aliphatic carbocycles. The fourth-order valence-electron chi connectivity index (χ4n) is 1.77. The molecule has 2 nitrogen and oxygen atoms in total. The average Bonchev–Trinajstić information content (AvgIpc) is 2.26. The molecule has 0 aliphatic rings. The Balaban J connectivity index is 2.83. The van der Waals surface area contributed by atoms with E-state index in [1.807, 2.05) is 0 Å². The molecule has 0 radical (unpaired) electrons. The number of hydrogen-bond donors (Lipinski definition) is 1. The first-order valence-electron chi connectivity index (χ1n) is 6.59. The van der Waals surface area contributed by atoms with Crippen LogP contribution in [0.25, 0.3) is 0 Å². The van der Waals surface area contributed by atoms with E-state index in [9.17, 15) is 4.79 Å². The Morgan fingerprint density at radius 3 is 1.73 bits per heavy atom. The van der Waals surface area contributed by atoms with Crippen molar-refractivity contribution in [1.29, 1.82) is 0 Å². The molecule has 2 heteroatoms. The van der Waals surface area contributed by atoms with Gasteiger partial charge in [0.05, 0.1) is 0 Å². The summed E-state index contributed by atoms with van der Waals surface area (Å²) in [5.41, 5.74) is 0. The first kappa shape index (κ1) is 14.5. The summed E-state index contributed by atoms with van der Waals surface area (Å²) in [6.45, 7) is 3.10. The zero-order chi connectivity index (χ0) is 11.2. The molecular formula is C13H27NO. The normalized spacial score (nSPS) is 10.2. The average molecular weight is 213 g/mol. The van der Waals surface area contributed by atoms with Crippen LogP contribution in [0.5, 0.6) is 0 Å². The Labute approximate surface area is 94.8 Å². The zero-order valence-corrected chi connectivity index (χ0v) is 10.3. The molecule has 0 saturated heterocycles. The van der Waals surface area contributed by atoms with Crippen molar-refractivity contribution in [3.8, 4) is 0 Å². The van der Waals surface area contributed by atoms with E-state index in [1.54, 1.807) is 0 Å². The summed E-state index contributed by atoms with van der Waals surface area (Å²) < 4.78 is 0. The van der Waals surface area contributed by atoms with Gasteiger partial charge in [0.2, 0.25) is 6.41 Å². The van der Waals surface area contributed by atoms with Crippen molar-refractivity contribution in [2.45, 2.75) is 71.1 Å². The van der Waals surface area contributed by atoms with Gasteiger partial charge in [0.1, 0.15) is 0 Å². The summed E-state index contributed by atoms with van der Waals surface area (Å²) >= 11 is 0. The predicted octanol–water partition coefficient (Wildman–Crippen LogP) is 3.65. The van der Waals surface area contributed by atoms with Crippen LogP contribution in [0, 0.1) is 0 Å². The predicted molar refractivity (Wildman–Crippen MR) is 65.9 cm³/mol. The summed E-state index contributed by atoms with van der Waals surface area (Å²) in [7, 11) is 0. The topological polar surface area (TPSA) is 29.1 Å². The highest BCUT2D eigenvalue weighted by Crippen LogP contribution is 2.09. The third-order valence-corrected chi connectivity index (χ3v) is 2.76. The molecule has 0 aromatic rings. The second-order valence-corrected chi connectivity index (χ2v) is 4.25. The summed E-state index contributed by atoms with van der Waals surface area (Å²) in [4.78, 5) is 9.95. The standard InChI is InChI=1S/C13H27NO/c1-2-3-4-5-6-7-8-9-10-11-12-14-13-15/h13H,2-12H2,1H3,(H,14,15). The molecule has 0 aliphatic heterocycles. The fourth-order valence-corrected chi connectivity index (χ4v) is 1.77. The molecule has 0 aromatic carbocycles. The lowest BCUT2D eigenvalue weighted by Gasteiger charge is -2.01. The van der Waals surface area contributed by atoms with Crippen LogP contribution in [-0.2, 0) is 4.79 Å². The molecule has 90 valence electrons. The third kappa shape index (κ3) is 13.5. The minimum absolute atomic E-state index is 0.785. The second-order valence-electron chi connectivity index (χ2n) is 4.25. The zero-order valence-electron chi connectivity index (χ0n) is 10.3. The maximum atomic E-state index is 9.95. The minimum atomic E-state index is 0.785. The molecule has 0 heterocycles. The van der Waals surface area contributed by atoms with E-state index in [1.165, 1.54) is 57.8 Å². The molecule has 0 saturated carbocycles. The third-order valence-electron chi connectivity index (χ3n) is 2.76. The van der Waals surface area contributed by atoms with Crippen LogP contribution >= 0.6 is 0 Å². The van der Waals surface area contributed by atoms with Gasteiger partial charge in [-0.2, -0.15) is 0 Å². The SMILES string of the molecule is CCCCCCCCCCCCNC=O. The molecular weight excluding hydrogens is 186 g/mol. The van der Waals surface area contributed by atoms with Gasteiger partial charge in [-0.1, -0.05) is 64.7 Å². The molecule has 0 aromatic heterocycles. The highest BCUT2D eigenvalue weighted by Gasteiger charge is 1.91. The highest BCUT2D eigenvalue weighted by molar-refractivity contribution is 5.45. The van der Waals surface area contributed by atoms with Crippen LogP contribution in [0.15, 0.2) is 0 Å². The van der Waals surface area contributed by atoms with Crippen molar-refractivity contribution in [2.24, 2.45) is 0 Å². The van der Waals surface area contributed by atoms with Crippen LogP contribution in [-0.4, -0.2) is 13.0 Å². The quantitative estimate of drug-likeness (QED) is 0.389. The largest absolute Gasteiger partial charge is 0.359 e. The summed E-state index contributed by atoms with van der Waals surface area (Å²) in [6, 6.07) is 0. The van der Waals surface area contributed by atoms with Crippen molar-refractivity contribution >= 4 is 6.41 Å². The van der Waals surface area contributed by atoms with E-state index in [2.05, 4.69) is 12.2 Å². The lowest BCUT2D eigenvalue weighted by atomic mass is 10.1. The minimum Gasteiger partial charge on any atom is -0.359 e. The first-order valence-corrected chi connectivity index (χ1v) is 6.59. The lowest BCUT2D eigenvalue weighted by Crippen LogP contribution is -2.11. The Kier molecular flexibility index (Phi) is 13.0. The Hall–Kier alpha value is -0.530. The van der Waals surface area contributed by atoms with Gasteiger partial charge >= 0.3 is 0 Å². The van der Waals surface area contributed by atoms with E-state index in [-0.39, 0.29) is 0 Å². The van der Waals surface area contributed by atoms with Crippen LogP contribution in [0.1, 0.15) is 71.1 Å².